The van der Waals surface area contributed by atoms with Crippen LogP contribution < -0.4 is 5.32 Å². The molecule has 0 atom stereocenters. The van der Waals surface area contributed by atoms with E-state index in [1.807, 2.05) is 6.07 Å². The lowest BCUT2D eigenvalue weighted by molar-refractivity contribution is -0.671. The summed E-state index contributed by atoms with van der Waals surface area (Å²) >= 11 is 3.45. The maximum absolute atomic E-state index is 4.96. The predicted molar refractivity (Wildman–Crippen MR) is 56.5 cm³/mol. The van der Waals surface area contributed by atoms with Crippen molar-refractivity contribution in [2.24, 2.45) is 0 Å². The molecule has 0 unspecified atom stereocenters. The molecule has 0 aliphatic rings. The quantitative estimate of drug-likeness (QED) is 0.774. The molecule has 1 aromatic carbocycles. The molecular formula is C10H15BrNO+. The van der Waals surface area contributed by atoms with Gasteiger partial charge in [0.05, 0.1) is 13.2 Å². The van der Waals surface area contributed by atoms with Crippen LogP contribution in [-0.2, 0) is 11.3 Å². The topological polar surface area (TPSA) is 25.8 Å². The van der Waals surface area contributed by atoms with Gasteiger partial charge in [0.1, 0.15) is 6.54 Å². The van der Waals surface area contributed by atoms with Gasteiger partial charge in [-0.3, -0.25) is 0 Å². The number of rotatable bonds is 5. The molecule has 3 heteroatoms. The molecule has 0 radical (unpaired) electrons. The van der Waals surface area contributed by atoms with Crippen molar-refractivity contribution in [2.45, 2.75) is 6.54 Å². The maximum atomic E-state index is 4.96. The lowest BCUT2D eigenvalue weighted by atomic mass is 10.2. The molecule has 0 spiro atoms. The number of ether oxygens (including phenoxy) is 1. The van der Waals surface area contributed by atoms with E-state index in [0.29, 0.717) is 0 Å². The molecule has 0 aliphatic heterocycles. The lowest BCUT2D eigenvalue weighted by Gasteiger charge is -2.01. The van der Waals surface area contributed by atoms with Crippen LogP contribution in [0, 0.1) is 0 Å². The molecule has 13 heavy (non-hydrogen) atoms. The Bertz CT molecular complexity index is 252. The number of benzene rings is 1. The van der Waals surface area contributed by atoms with Crippen LogP contribution in [-0.4, -0.2) is 20.3 Å². The van der Waals surface area contributed by atoms with Crippen LogP contribution in [0.15, 0.2) is 28.7 Å². The van der Waals surface area contributed by atoms with Gasteiger partial charge < -0.3 is 10.1 Å². The van der Waals surface area contributed by atoms with E-state index in [2.05, 4.69) is 39.4 Å². The van der Waals surface area contributed by atoms with Crippen LogP contribution >= 0.6 is 15.9 Å². The van der Waals surface area contributed by atoms with Crippen molar-refractivity contribution in [3.63, 3.8) is 0 Å². The standard InChI is InChI=1S/C10H14BrNO/c1-13-6-5-12-8-9-3-2-4-10(11)7-9/h2-4,7,12H,5-6,8H2,1H3/p+1. The Morgan fingerprint density at radius 2 is 2.31 bits per heavy atom. The SMILES string of the molecule is COCC[NH2+]Cc1cccc(Br)c1. The lowest BCUT2D eigenvalue weighted by Crippen LogP contribution is -2.83. The van der Waals surface area contributed by atoms with Crippen molar-refractivity contribution >= 4 is 15.9 Å². The highest BCUT2D eigenvalue weighted by atomic mass is 79.9. The van der Waals surface area contributed by atoms with Gasteiger partial charge >= 0.3 is 0 Å². The van der Waals surface area contributed by atoms with Gasteiger partial charge in [-0.15, -0.1) is 0 Å². The summed E-state index contributed by atoms with van der Waals surface area (Å²) < 4.78 is 6.11. The summed E-state index contributed by atoms with van der Waals surface area (Å²) in [6, 6.07) is 8.37. The molecule has 2 nitrogen and oxygen atoms in total. The first-order valence-electron chi connectivity index (χ1n) is 4.38. The first-order valence-corrected chi connectivity index (χ1v) is 5.17. The van der Waals surface area contributed by atoms with Gasteiger partial charge in [0, 0.05) is 17.1 Å². The van der Waals surface area contributed by atoms with Crippen molar-refractivity contribution in [2.75, 3.05) is 20.3 Å². The summed E-state index contributed by atoms with van der Waals surface area (Å²) in [6.45, 7) is 2.85. The van der Waals surface area contributed by atoms with Crippen LogP contribution in [0.25, 0.3) is 0 Å². The molecule has 72 valence electrons. The predicted octanol–water partition coefficient (Wildman–Crippen LogP) is 1.16. The number of hydrogen-bond acceptors (Lipinski definition) is 1. The molecule has 0 heterocycles. The number of methoxy groups -OCH3 is 1. The largest absolute Gasteiger partial charge is 0.379 e. The van der Waals surface area contributed by atoms with Crippen molar-refractivity contribution in [3.05, 3.63) is 34.3 Å². The van der Waals surface area contributed by atoms with Crippen molar-refractivity contribution in [3.8, 4) is 0 Å². The zero-order chi connectivity index (χ0) is 9.52. The average molecular weight is 245 g/mol. The fourth-order valence-electron chi connectivity index (χ4n) is 1.13. The van der Waals surface area contributed by atoms with Crippen LogP contribution in [0.5, 0.6) is 0 Å². The minimum Gasteiger partial charge on any atom is -0.379 e. The molecule has 0 saturated carbocycles. The van der Waals surface area contributed by atoms with Crippen LogP contribution in [0.1, 0.15) is 5.56 Å². The van der Waals surface area contributed by atoms with Gasteiger partial charge in [-0.05, 0) is 12.1 Å². The molecular weight excluding hydrogens is 230 g/mol. The highest BCUT2D eigenvalue weighted by Gasteiger charge is 1.95. The molecule has 0 amide bonds. The highest BCUT2D eigenvalue weighted by molar-refractivity contribution is 9.10. The molecule has 0 aromatic heterocycles. The minimum atomic E-state index is 0.813. The van der Waals surface area contributed by atoms with E-state index in [4.69, 9.17) is 4.74 Å². The van der Waals surface area contributed by atoms with E-state index in [1.54, 1.807) is 7.11 Å². The Labute approximate surface area is 87.4 Å². The zero-order valence-electron chi connectivity index (χ0n) is 7.79. The minimum absolute atomic E-state index is 0.813. The second-order valence-corrected chi connectivity index (χ2v) is 3.82. The van der Waals surface area contributed by atoms with E-state index >= 15 is 0 Å². The average Bonchev–Trinajstić information content (AvgIpc) is 2.13. The molecule has 0 aliphatic carbocycles. The van der Waals surface area contributed by atoms with E-state index in [0.717, 1.165) is 24.2 Å². The third kappa shape index (κ3) is 4.41. The summed E-state index contributed by atoms with van der Waals surface area (Å²) in [5.41, 5.74) is 1.34. The number of nitrogens with two attached hydrogens (primary N) is 1. The Morgan fingerprint density at radius 1 is 1.46 bits per heavy atom. The number of halogens is 1. The Balaban J connectivity index is 2.28. The fourth-order valence-corrected chi connectivity index (χ4v) is 1.58. The Kier molecular flexibility index (Phi) is 5.05. The Morgan fingerprint density at radius 3 is 3.00 bits per heavy atom. The van der Waals surface area contributed by atoms with Crippen molar-refractivity contribution < 1.29 is 10.1 Å². The molecule has 2 N–H and O–H groups in total. The van der Waals surface area contributed by atoms with Crippen molar-refractivity contribution in [1.82, 2.24) is 0 Å². The number of quaternary nitrogens is 1. The zero-order valence-corrected chi connectivity index (χ0v) is 9.38. The summed E-state index contributed by atoms with van der Waals surface area (Å²) in [5.74, 6) is 0. The summed E-state index contributed by atoms with van der Waals surface area (Å²) in [4.78, 5) is 0. The highest BCUT2D eigenvalue weighted by Crippen LogP contribution is 2.10. The van der Waals surface area contributed by atoms with Gasteiger partial charge in [0.15, 0.2) is 0 Å². The summed E-state index contributed by atoms with van der Waals surface area (Å²) in [5, 5.41) is 2.24. The fraction of sp³-hybridized carbons (Fsp3) is 0.400. The first kappa shape index (κ1) is 10.7. The summed E-state index contributed by atoms with van der Waals surface area (Å²) in [7, 11) is 1.73. The third-order valence-corrected chi connectivity index (χ3v) is 2.29. The normalized spacial score (nSPS) is 10.3. The van der Waals surface area contributed by atoms with Gasteiger partial charge in [0.2, 0.25) is 0 Å². The summed E-state index contributed by atoms with van der Waals surface area (Å²) in [6.07, 6.45) is 0. The third-order valence-electron chi connectivity index (χ3n) is 1.80. The van der Waals surface area contributed by atoms with E-state index < -0.39 is 0 Å². The van der Waals surface area contributed by atoms with E-state index in [9.17, 15) is 0 Å². The van der Waals surface area contributed by atoms with Gasteiger partial charge in [-0.1, -0.05) is 28.1 Å². The van der Waals surface area contributed by atoms with Crippen molar-refractivity contribution in [1.29, 1.82) is 0 Å². The monoisotopic (exact) mass is 244 g/mol. The smallest absolute Gasteiger partial charge is 0.101 e. The Hall–Kier alpha value is -0.380. The molecule has 0 fully saturated rings. The second kappa shape index (κ2) is 6.13. The first-order chi connectivity index (χ1) is 6.33. The molecule has 0 bridgehead atoms. The van der Waals surface area contributed by atoms with Gasteiger partial charge in [-0.25, -0.2) is 0 Å². The van der Waals surface area contributed by atoms with Gasteiger partial charge in [0.25, 0.3) is 0 Å². The number of hydrogen-bond donors (Lipinski definition) is 1. The molecule has 0 saturated heterocycles. The second-order valence-electron chi connectivity index (χ2n) is 2.90. The van der Waals surface area contributed by atoms with Crippen LogP contribution in [0.2, 0.25) is 0 Å². The molecule has 1 aromatic rings. The maximum Gasteiger partial charge on any atom is 0.101 e. The van der Waals surface area contributed by atoms with Gasteiger partial charge in [-0.2, -0.15) is 0 Å². The van der Waals surface area contributed by atoms with E-state index in [-0.39, 0.29) is 0 Å². The van der Waals surface area contributed by atoms with E-state index in [1.165, 1.54) is 5.56 Å². The van der Waals surface area contributed by atoms with Crippen LogP contribution in [0.3, 0.4) is 0 Å². The molecule has 1 rings (SSSR count). The van der Waals surface area contributed by atoms with Crippen LogP contribution in [0.4, 0.5) is 0 Å².